The van der Waals surface area contributed by atoms with Crippen LogP contribution in [0.25, 0.3) is 0 Å². The van der Waals surface area contributed by atoms with Gasteiger partial charge in [0.25, 0.3) is 5.91 Å². The summed E-state index contributed by atoms with van der Waals surface area (Å²) in [5.41, 5.74) is 2.51. The lowest BCUT2D eigenvalue weighted by molar-refractivity contribution is -0.127. The van der Waals surface area contributed by atoms with Crippen LogP contribution in [0.1, 0.15) is 29.5 Å². The molecular formula is C22H22N4O2. The molecule has 1 heterocycles. The number of aromatic nitrogens is 2. The molecule has 2 N–H and O–H groups in total. The topological polar surface area (TPSA) is 76.0 Å². The largest absolute Gasteiger partial charge is 0.340 e. The van der Waals surface area contributed by atoms with Gasteiger partial charge in [0, 0.05) is 24.8 Å². The number of nitrogens with one attached hydrogen (secondary N) is 2. The number of carbonyl (C=O) groups is 2. The highest BCUT2D eigenvalue weighted by atomic mass is 16.2. The van der Waals surface area contributed by atoms with Crippen molar-refractivity contribution >= 4 is 17.5 Å². The minimum atomic E-state index is -0.746. The molecule has 2 aromatic carbocycles. The lowest BCUT2D eigenvalue weighted by Crippen LogP contribution is -2.38. The number of benzene rings is 2. The van der Waals surface area contributed by atoms with Gasteiger partial charge < -0.3 is 10.6 Å². The van der Waals surface area contributed by atoms with Crippen molar-refractivity contribution in [2.45, 2.75) is 18.4 Å². The van der Waals surface area contributed by atoms with Crippen LogP contribution in [-0.4, -0.2) is 21.6 Å². The summed E-state index contributed by atoms with van der Waals surface area (Å²) in [6.45, 7) is 0. The van der Waals surface area contributed by atoms with Gasteiger partial charge >= 0.3 is 0 Å². The lowest BCUT2D eigenvalue weighted by atomic mass is 10.1. The summed E-state index contributed by atoms with van der Waals surface area (Å²) in [5.74, 6) is -0.322. The lowest BCUT2D eigenvalue weighted by Gasteiger charge is -2.19. The molecule has 1 aromatic heterocycles. The maximum atomic E-state index is 12.9. The van der Waals surface area contributed by atoms with E-state index in [1.54, 1.807) is 10.9 Å². The Morgan fingerprint density at radius 3 is 2.39 bits per heavy atom. The van der Waals surface area contributed by atoms with E-state index in [9.17, 15) is 9.59 Å². The van der Waals surface area contributed by atoms with Gasteiger partial charge in [0.15, 0.2) is 0 Å². The molecule has 0 radical (unpaired) electrons. The molecule has 28 heavy (non-hydrogen) atoms. The highest BCUT2D eigenvalue weighted by molar-refractivity contribution is 5.98. The van der Waals surface area contributed by atoms with Gasteiger partial charge in [0.2, 0.25) is 5.91 Å². The third-order valence-electron chi connectivity index (χ3n) is 5.00. The Labute approximate surface area is 163 Å². The number of para-hydroxylation sites is 1. The number of amides is 2. The zero-order valence-electron chi connectivity index (χ0n) is 15.6. The Bertz CT molecular complexity index is 968. The molecule has 1 aliphatic rings. The summed E-state index contributed by atoms with van der Waals surface area (Å²) >= 11 is 0. The average molecular weight is 374 g/mol. The number of hydrogen-bond acceptors (Lipinski definition) is 3. The summed E-state index contributed by atoms with van der Waals surface area (Å²) in [6.07, 6.45) is 4.52. The van der Waals surface area contributed by atoms with Gasteiger partial charge in [-0.3, -0.25) is 14.3 Å². The first-order valence-corrected chi connectivity index (χ1v) is 9.31. The van der Waals surface area contributed by atoms with Crippen molar-refractivity contribution in [3.63, 3.8) is 0 Å². The summed E-state index contributed by atoms with van der Waals surface area (Å²) in [4.78, 5) is 25.7. The molecule has 2 amide bonds. The highest BCUT2D eigenvalue weighted by Crippen LogP contribution is 2.47. The van der Waals surface area contributed by atoms with Crippen LogP contribution in [-0.2, 0) is 16.6 Å². The van der Waals surface area contributed by atoms with E-state index in [-0.39, 0.29) is 23.7 Å². The Balaban J connectivity index is 1.48. The molecule has 6 nitrogen and oxygen atoms in total. The SMILES string of the molecule is Cn1cc(C2CC2C(=O)NC(C(=O)Nc2ccccc2)c2ccccc2)cn1. The van der Waals surface area contributed by atoms with Crippen molar-refractivity contribution in [3.8, 4) is 0 Å². The van der Waals surface area contributed by atoms with Gasteiger partial charge in [-0.2, -0.15) is 5.10 Å². The average Bonchev–Trinajstić information content (AvgIpc) is 3.41. The summed E-state index contributed by atoms with van der Waals surface area (Å²) in [6, 6.07) is 17.8. The number of rotatable bonds is 6. The van der Waals surface area contributed by atoms with E-state index in [1.165, 1.54) is 0 Å². The van der Waals surface area contributed by atoms with Crippen molar-refractivity contribution in [2.24, 2.45) is 13.0 Å². The molecule has 4 rings (SSSR count). The van der Waals surface area contributed by atoms with Crippen LogP contribution in [0, 0.1) is 5.92 Å². The number of carbonyl (C=O) groups excluding carboxylic acids is 2. The van der Waals surface area contributed by atoms with Crippen LogP contribution < -0.4 is 10.6 Å². The minimum Gasteiger partial charge on any atom is -0.340 e. The molecule has 0 aliphatic heterocycles. The molecule has 6 heteroatoms. The van der Waals surface area contributed by atoms with E-state index in [1.807, 2.05) is 73.9 Å². The second kappa shape index (κ2) is 7.68. The zero-order valence-corrected chi connectivity index (χ0v) is 15.6. The maximum Gasteiger partial charge on any atom is 0.251 e. The van der Waals surface area contributed by atoms with Crippen LogP contribution in [0.4, 0.5) is 5.69 Å². The van der Waals surface area contributed by atoms with Crippen LogP contribution in [0.15, 0.2) is 73.1 Å². The quantitative estimate of drug-likeness (QED) is 0.696. The third kappa shape index (κ3) is 3.96. The molecule has 3 unspecified atom stereocenters. The molecule has 1 saturated carbocycles. The Morgan fingerprint density at radius 1 is 1.07 bits per heavy atom. The predicted octanol–water partition coefficient (Wildman–Crippen LogP) is 3.02. The number of nitrogens with zero attached hydrogens (tertiary/aromatic N) is 2. The molecule has 1 fully saturated rings. The van der Waals surface area contributed by atoms with Gasteiger partial charge in [-0.1, -0.05) is 48.5 Å². The zero-order chi connectivity index (χ0) is 19.5. The molecule has 142 valence electrons. The summed E-state index contributed by atoms with van der Waals surface area (Å²) < 4.78 is 1.74. The first-order chi connectivity index (χ1) is 13.6. The smallest absolute Gasteiger partial charge is 0.251 e. The van der Waals surface area contributed by atoms with E-state index in [2.05, 4.69) is 15.7 Å². The first-order valence-electron chi connectivity index (χ1n) is 9.31. The fourth-order valence-electron chi connectivity index (χ4n) is 3.42. The molecule has 3 aromatic rings. The second-order valence-corrected chi connectivity index (χ2v) is 7.10. The third-order valence-corrected chi connectivity index (χ3v) is 5.00. The van der Waals surface area contributed by atoms with Gasteiger partial charge in [0.05, 0.1) is 6.20 Å². The fraction of sp³-hybridized carbons (Fsp3) is 0.227. The van der Waals surface area contributed by atoms with Crippen LogP contribution in [0.2, 0.25) is 0 Å². The molecule has 1 aliphatic carbocycles. The van der Waals surface area contributed by atoms with E-state index < -0.39 is 6.04 Å². The van der Waals surface area contributed by atoms with Gasteiger partial charge in [-0.15, -0.1) is 0 Å². The highest BCUT2D eigenvalue weighted by Gasteiger charge is 2.45. The summed E-state index contributed by atoms with van der Waals surface area (Å²) in [5, 5.41) is 10.0. The second-order valence-electron chi connectivity index (χ2n) is 7.10. The molecular weight excluding hydrogens is 352 g/mol. The Morgan fingerprint density at radius 2 is 1.75 bits per heavy atom. The monoisotopic (exact) mass is 374 g/mol. The van der Waals surface area contributed by atoms with E-state index in [0.717, 1.165) is 17.5 Å². The van der Waals surface area contributed by atoms with Crippen molar-refractivity contribution in [1.82, 2.24) is 15.1 Å². The number of anilines is 1. The molecule has 0 spiro atoms. The Kier molecular flexibility index (Phi) is 4.93. The van der Waals surface area contributed by atoms with Crippen molar-refractivity contribution in [1.29, 1.82) is 0 Å². The summed E-state index contributed by atoms with van der Waals surface area (Å²) in [7, 11) is 1.86. The standard InChI is InChI=1S/C22H22N4O2/c1-26-14-16(13-23-26)18-12-19(18)21(27)25-20(15-8-4-2-5-9-15)22(28)24-17-10-6-3-7-11-17/h2-11,13-14,18-20H,12H2,1H3,(H,24,28)(H,25,27). The molecule has 0 bridgehead atoms. The van der Waals surface area contributed by atoms with Gasteiger partial charge in [0.1, 0.15) is 6.04 Å². The van der Waals surface area contributed by atoms with Crippen molar-refractivity contribution < 1.29 is 9.59 Å². The minimum absolute atomic E-state index is 0.106. The fourth-order valence-corrected chi connectivity index (χ4v) is 3.42. The van der Waals surface area contributed by atoms with Crippen LogP contribution in [0.5, 0.6) is 0 Å². The molecule has 3 atom stereocenters. The number of aryl methyl sites for hydroxylation is 1. The van der Waals surface area contributed by atoms with Gasteiger partial charge in [-0.05, 0) is 35.6 Å². The maximum absolute atomic E-state index is 12.9. The van der Waals surface area contributed by atoms with E-state index >= 15 is 0 Å². The van der Waals surface area contributed by atoms with Crippen molar-refractivity contribution in [3.05, 3.63) is 84.2 Å². The van der Waals surface area contributed by atoms with Crippen LogP contribution >= 0.6 is 0 Å². The van der Waals surface area contributed by atoms with E-state index in [4.69, 9.17) is 0 Å². The predicted molar refractivity (Wildman–Crippen MR) is 106 cm³/mol. The first kappa shape index (κ1) is 18.0. The van der Waals surface area contributed by atoms with Gasteiger partial charge in [-0.25, -0.2) is 0 Å². The number of hydrogen-bond donors (Lipinski definition) is 2. The normalized spacial score (nSPS) is 18.9. The van der Waals surface area contributed by atoms with Crippen molar-refractivity contribution in [2.75, 3.05) is 5.32 Å². The molecule has 0 saturated heterocycles. The van der Waals surface area contributed by atoms with E-state index in [0.29, 0.717) is 5.69 Å². The van der Waals surface area contributed by atoms with Crippen LogP contribution in [0.3, 0.4) is 0 Å². The Hall–Kier alpha value is -3.41.